The third-order valence-corrected chi connectivity index (χ3v) is 4.90. The fourth-order valence-corrected chi connectivity index (χ4v) is 3.32. The summed E-state index contributed by atoms with van der Waals surface area (Å²) in [7, 11) is 0. The highest BCUT2D eigenvalue weighted by molar-refractivity contribution is 6.33. The molecule has 5 aromatic rings. The van der Waals surface area contributed by atoms with Crippen LogP contribution in [0.2, 0.25) is 5.02 Å². The van der Waals surface area contributed by atoms with Crippen molar-refractivity contribution in [1.82, 2.24) is 19.9 Å². The van der Waals surface area contributed by atoms with Gasteiger partial charge in [-0.3, -0.25) is 9.78 Å². The first-order chi connectivity index (χ1) is 14.7. The summed E-state index contributed by atoms with van der Waals surface area (Å²) in [5.74, 6) is 0.438. The average Bonchev–Trinajstić information content (AvgIpc) is 3.45. The molecule has 0 aliphatic carbocycles. The molecule has 0 saturated heterocycles. The fraction of sp³-hybridized carbons (Fsp3) is 0. The Morgan fingerprint density at radius 1 is 1.07 bits per heavy atom. The van der Waals surface area contributed by atoms with Crippen LogP contribution < -0.4 is 5.32 Å². The van der Waals surface area contributed by atoms with E-state index in [1.807, 2.05) is 18.2 Å². The zero-order valence-electron chi connectivity index (χ0n) is 15.5. The molecule has 0 bridgehead atoms. The number of fused-ring (bicyclic) bond motifs is 1. The Kier molecular flexibility index (Phi) is 4.49. The highest BCUT2D eigenvalue weighted by atomic mass is 35.5. The standard InChI is InChI=1S/C22H14ClN5O2/c23-17-4-3-15(26-22(29)19-2-1-9-30-19)11-16(17)20-27-18-10-14(12-25-21(18)28-20)13-5-7-24-8-6-13/h1-12H,(H,26,29)(H,25,27,28). The van der Waals surface area contributed by atoms with Gasteiger partial charge in [0.15, 0.2) is 11.4 Å². The smallest absolute Gasteiger partial charge is 0.291 e. The third kappa shape index (κ3) is 3.42. The topological polar surface area (TPSA) is 96.7 Å². The normalized spacial score (nSPS) is 11.0. The SMILES string of the molecule is O=C(Nc1ccc(Cl)c(-c2nc3ncc(-c4ccncc4)cc3[nH]2)c1)c1ccco1. The van der Waals surface area contributed by atoms with Crippen LogP contribution in [-0.4, -0.2) is 25.8 Å². The molecular weight excluding hydrogens is 402 g/mol. The number of carbonyl (C=O) groups is 1. The predicted molar refractivity (Wildman–Crippen MR) is 114 cm³/mol. The van der Waals surface area contributed by atoms with E-state index >= 15 is 0 Å². The molecular formula is C22H14ClN5O2. The fourth-order valence-electron chi connectivity index (χ4n) is 3.11. The molecule has 0 fully saturated rings. The van der Waals surface area contributed by atoms with Gasteiger partial charge in [0.2, 0.25) is 0 Å². The first-order valence-corrected chi connectivity index (χ1v) is 9.46. The van der Waals surface area contributed by atoms with Crippen LogP contribution in [0.1, 0.15) is 10.6 Å². The molecule has 1 aromatic carbocycles. The van der Waals surface area contributed by atoms with E-state index in [0.717, 1.165) is 16.6 Å². The number of rotatable bonds is 4. The van der Waals surface area contributed by atoms with Crippen LogP contribution in [0.5, 0.6) is 0 Å². The maximum absolute atomic E-state index is 12.2. The second-order valence-corrected chi connectivity index (χ2v) is 6.95. The molecule has 8 heteroatoms. The first kappa shape index (κ1) is 18.1. The molecule has 0 spiro atoms. The molecule has 30 heavy (non-hydrogen) atoms. The van der Waals surface area contributed by atoms with Crippen LogP contribution in [0.3, 0.4) is 0 Å². The van der Waals surface area contributed by atoms with Crippen LogP contribution in [0.4, 0.5) is 5.69 Å². The van der Waals surface area contributed by atoms with Gasteiger partial charge in [-0.05, 0) is 54.1 Å². The van der Waals surface area contributed by atoms with Crippen molar-refractivity contribution in [3.63, 3.8) is 0 Å². The molecule has 7 nitrogen and oxygen atoms in total. The third-order valence-electron chi connectivity index (χ3n) is 4.58. The summed E-state index contributed by atoms with van der Waals surface area (Å²) in [5, 5.41) is 3.29. The van der Waals surface area contributed by atoms with E-state index in [0.29, 0.717) is 27.7 Å². The zero-order chi connectivity index (χ0) is 20.5. The van der Waals surface area contributed by atoms with Crippen LogP contribution in [0, 0.1) is 0 Å². The van der Waals surface area contributed by atoms with E-state index in [-0.39, 0.29) is 11.7 Å². The highest BCUT2D eigenvalue weighted by Gasteiger charge is 2.14. The van der Waals surface area contributed by atoms with Gasteiger partial charge >= 0.3 is 0 Å². The van der Waals surface area contributed by atoms with E-state index in [1.165, 1.54) is 6.26 Å². The van der Waals surface area contributed by atoms with Crippen molar-refractivity contribution in [3.05, 3.63) is 84.2 Å². The average molecular weight is 416 g/mol. The lowest BCUT2D eigenvalue weighted by Gasteiger charge is -2.07. The molecule has 1 amide bonds. The van der Waals surface area contributed by atoms with Gasteiger partial charge in [0.25, 0.3) is 5.91 Å². The lowest BCUT2D eigenvalue weighted by molar-refractivity contribution is 0.0996. The zero-order valence-corrected chi connectivity index (χ0v) is 16.2. The van der Waals surface area contributed by atoms with Gasteiger partial charge in [-0.15, -0.1) is 0 Å². The van der Waals surface area contributed by atoms with E-state index in [4.69, 9.17) is 16.0 Å². The van der Waals surface area contributed by atoms with Crippen molar-refractivity contribution in [1.29, 1.82) is 0 Å². The number of aromatic nitrogens is 4. The number of hydrogen-bond donors (Lipinski definition) is 2. The lowest BCUT2D eigenvalue weighted by atomic mass is 10.1. The second kappa shape index (κ2) is 7.46. The molecule has 0 radical (unpaired) electrons. The Bertz CT molecular complexity index is 1350. The summed E-state index contributed by atoms with van der Waals surface area (Å²) in [4.78, 5) is 28.6. The second-order valence-electron chi connectivity index (χ2n) is 6.54. The number of benzene rings is 1. The number of hydrogen-bond acceptors (Lipinski definition) is 5. The number of imidazole rings is 1. The summed E-state index contributed by atoms with van der Waals surface area (Å²) in [5.41, 5.74) is 4.53. The molecule has 0 aliphatic rings. The van der Waals surface area contributed by atoms with Gasteiger partial charge in [0, 0.05) is 35.4 Å². The Hall–Kier alpha value is -3.97. The minimum atomic E-state index is -0.346. The molecule has 0 unspecified atom stereocenters. The van der Waals surface area contributed by atoms with Crippen LogP contribution in [-0.2, 0) is 0 Å². The first-order valence-electron chi connectivity index (χ1n) is 9.08. The summed E-state index contributed by atoms with van der Waals surface area (Å²) in [6.07, 6.45) is 6.69. The number of H-pyrrole nitrogens is 1. The van der Waals surface area contributed by atoms with Crippen LogP contribution in [0.15, 0.2) is 77.8 Å². The minimum absolute atomic E-state index is 0.225. The van der Waals surface area contributed by atoms with Crippen LogP contribution in [0.25, 0.3) is 33.7 Å². The summed E-state index contributed by atoms with van der Waals surface area (Å²) in [6.45, 7) is 0. The van der Waals surface area contributed by atoms with Gasteiger partial charge in [-0.1, -0.05) is 11.6 Å². The maximum Gasteiger partial charge on any atom is 0.291 e. The number of carbonyl (C=O) groups excluding carboxylic acids is 1. The quantitative estimate of drug-likeness (QED) is 0.421. The molecule has 0 aliphatic heterocycles. The largest absolute Gasteiger partial charge is 0.459 e. The monoisotopic (exact) mass is 415 g/mol. The maximum atomic E-state index is 12.2. The number of pyridine rings is 2. The summed E-state index contributed by atoms with van der Waals surface area (Å²) in [6, 6.07) is 14.2. The Balaban J connectivity index is 1.49. The summed E-state index contributed by atoms with van der Waals surface area (Å²) < 4.78 is 5.12. The molecule has 146 valence electrons. The highest BCUT2D eigenvalue weighted by Crippen LogP contribution is 2.31. The van der Waals surface area contributed by atoms with E-state index in [9.17, 15) is 4.79 Å². The molecule has 4 heterocycles. The van der Waals surface area contributed by atoms with Crippen molar-refractivity contribution in [2.75, 3.05) is 5.32 Å². The molecule has 5 rings (SSSR count). The summed E-state index contributed by atoms with van der Waals surface area (Å²) >= 11 is 6.40. The Morgan fingerprint density at radius 2 is 1.93 bits per heavy atom. The number of anilines is 1. The van der Waals surface area contributed by atoms with Crippen LogP contribution >= 0.6 is 11.6 Å². The minimum Gasteiger partial charge on any atom is -0.459 e. The van der Waals surface area contributed by atoms with Gasteiger partial charge < -0.3 is 14.7 Å². The van der Waals surface area contributed by atoms with Gasteiger partial charge in [-0.25, -0.2) is 9.97 Å². The molecule has 0 atom stereocenters. The Labute approximate surface area is 175 Å². The number of nitrogens with zero attached hydrogens (tertiary/aromatic N) is 3. The Morgan fingerprint density at radius 3 is 2.73 bits per heavy atom. The lowest BCUT2D eigenvalue weighted by Crippen LogP contribution is -2.10. The number of furan rings is 1. The molecule has 2 N–H and O–H groups in total. The van der Waals surface area contributed by atoms with Crippen molar-refractivity contribution in [2.24, 2.45) is 0 Å². The van der Waals surface area contributed by atoms with Crippen molar-refractivity contribution < 1.29 is 9.21 Å². The van der Waals surface area contributed by atoms with E-state index < -0.39 is 0 Å². The van der Waals surface area contributed by atoms with Gasteiger partial charge in [-0.2, -0.15) is 0 Å². The molecule has 0 saturated carbocycles. The number of halogens is 1. The van der Waals surface area contributed by atoms with Gasteiger partial charge in [0.05, 0.1) is 16.8 Å². The van der Waals surface area contributed by atoms with E-state index in [2.05, 4.69) is 25.3 Å². The van der Waals surface area contributed by atoms with Crippen molar-refractivity contribution in [2.45, 2.75) is 0 Å². The molecule has 4 aromatic heterocycles. The predicted octanol–water partition coefficient (Wildman–Crippen LogP) is 5.19. The number of nitrogens with one attached hydrogen (secondary N) is 2. The number of aromatic amines is 1. The van der Waals surface area contributed by atoms with E-state index in [1.54, 1.807) is 48.9 Å². The van der Waals surface area contributed by atoms with Gasteiger partial charge in [0.1, 0.15) is 5.82 Å². The van der Waals surface area contributed by atoms with Crippen molar-refractivity contribution in [3.8, 4) is 22.5 Å². The number of amides is 1. The van der Waals surface area contributed by atoms with Crippen molar-refractivity contribution >= 4 is 34.4 Å².